The van der Waals surface area contributed by atoms with Crippen molar-refractivity contribution in [1.82, 2.24) is 10.2 Å². The van der Waals surface area contributed by atoms with Crippen molar-refractivity contribution in [3.05, 3.63) is 66.2 Å². The fourth-order valence-corrected chi connectivity index (χ4v) is 5.20. The summed E-state index contributed by atoms with van der Waals surface area (Å²) in [7, 11) is 3.05. The van der Waals surface area contributed by atoms with Crippen LogP contribution in [0.15, 0.2) is 55.1 Å². The van der Waals surface area contributed by atoms with Crippen LogP contribution in [0.5, 0.6) is 11.5 Å². The third-order valence-corrected chi connectivity index (χ3v) is 7.08. The van der Waals surface area contributed by atoms with Crippen molar-refractivity contribution in [2.45, 2.75) is 56.7 Å². The van der Waals surface area contributed by atoms with E-state index in [1.165, 1.54) is 19.1 Å². The molecular weight excluding hydrogens is 470 g/mol. The first-order chi connectivity index (χ1) is 18.0. The molecule has 1 aliphatic carbocycles. The van der Waals surface area contributed by atoms with E-state index < -0.39 is 12.1 Å². The van der Waals surface area contributed by atoms with Crippen LogP contribution >= 0.6 is 0 Å². The number of nitrogens with one attached hydrogen (secondary N) is 2. The minimum absolute atomic E-state index is 0.0668. The summed E-state index contributed by atoms with van der Waals surface area (Å²) in [6, 6.07) is 10.6. The Morgan fingerprint density at radius 3 is 2.41 bits per heavy atom. The number of hydrogen-bond acceptors (Lipinski definition) is 6. The Morgan fingerprint density at radius 1 is 1.08 bits per heavy atom. The number of hydrogen-bond donors (Lipinski definition) is 2. The Labute approximate surface area is 218 Å². The first kappa shape index (κ1) is 26.3. The number of benzene rings is 2. The Balaban J connectivity index is 1.76. The van der Waals surface area contributed by atoms with Gasteiger partial charge in [0.05, 0.1) is 14.2 Å². The summed E-state index contributed by atoms with van der Waals surface area (Å²) in [6.07, 6.45) is 6.66. The molecule has 37 heavy (non-hydrogen) atoms. The Bertz CT molecular complexity index is 1140. The van der Waals surface area contributed by atoms with Gasteiger partial charge in [0.2, 0.25) is 11.8 Å². The summed E-state index contributed by atoms with van der Waals surface area (Å²) in [4.78, 5) is 42.3. The number of rotatable bonds is 9. The minimum atomic E-state index is -0.924. The molecule has 1 heterocycles. The van der Waals surface area contributed by atoms with Gasteiger partial charge in [0, 0.05) is 41.9 Å². The van der Waals surface area contributed by atoms with Crippen LogP contribution in [0.25, 0.3) is 0 Å². The quantitative estimate of drug-likeness (QED) is 0.390. The topological polar surface area (TPSA) is 97.0 Å². The van der Waals surface area contributed by atoms with E-state index in [1.807, 2.05) is 6.07 Å². The van der Waals surface area contributed by atoms with Crippen molar-refractivity contribution in [2.24, 2.45) is 0 Å². The van der Waals surface area contributed by atoms with Gasteiger partial charge in [0.1, 0.15) is 12.1 Å². The monoisotopic (exact) mass is 505 g/mol. The van der Waals surface area contributed by atoms with Crippen molar-refractivity contribution >= 4 is 23.3 Å². The van der Waals surface area contributed by atoms with Crippen molar-refractivity contribution in [1.29, 1.82) is 0 Å². The molecule has 196 valence electrons. The molecule has 0 bridgehead atoms. The van der Waals surface area contributed by atoms with Crippen LogP contribution in [0.3, 0.4) is 0 Å². The summed E-state index contributed by atoms with van der Waals surface area (Å²) >= 11 is 0. The van der Waals surface area contributed by atoms with Gasteiger partial charge in [-0.15, -0.1) is 6.58 Å². The molecule has 1 saturated carbocycles. The molecule has 0 saturated heterocycles. The number of Topliss-reactive ketones (excluding diaryl/α,β-unsaturated/α-hetero) is 1. The summed E-state index contributed by atoms with van der Waals surface area (Å²) in [5.74, 6) is 0.132. The molecule has 2 aromatic carbocycles. The second-order valence-corrected chi connectivity index (χ2v) is 9.51. The first-order valence-electron chi connectivity index (χ1n) is 12.8. The van der Waals surface area contributed by atoms with Gasteiger partial charge >= 0.3 is 0 Å². The van der Waals surface area contributed by atoms with Crippen molar-refractivity contribution < 1.29 is 23.9 Å². The van der Waals surface area contributed by atoms with Gasteiger partial charge in [0.25, 0.3) is 0 Å². The zero-order chi connectivity index (χ0) is 26.4. The second kappa shape index (κ2) is 12.0. The van der Waals surface area contributed by atoms with Gasteiger partial charge in [-0.1, -0.05) is 55.7 Å². The van der Waals surface area contributed by atoms with Crippen LogP contribution in [0.4, 0.5) is 5.69 Å². The lowest BCUT2D eigenvalue weighted by Gasteiger charge is -2.32. The van der Waals surface area contributed by atoms with E-state index in [4.69, 9.17) is 9.47 Å². The van der Waals surface area contributed by atoms with Crippen LogP contribution in [0.1, 0.15) is 60.5 Å². The number of ketones is 1. The normalized spacial score (nSPS) is 19.7. The molecule has 1 aliphatic heterocycles. The molecule has 0 radical (unpaired) electrons. The van der Waals surface area contributed by atoms with Gasteiger partial charge in [-0.05, 0) is 18.9 Å². The van der Waals surface area contributed by atoms with Crippen LogP contribution in [-0.2, 0) is 9.59 Å². The van der Waals surface area contributed by atoms with Crippen LogP contribution in [-0.4, -0.2) is 55.3 Å². The number of anilines is 1. The highest BCUT2D eigenvalue weighted by Crippen LogP contribution is 2.41. The minimum Gasteiger partial charge on any atom is -0.493 e. The highest BCUT2D eigenvalue weighted by atomic mass is 16.5. The van der Waals surface area contributed by atoms with E-state index >= 15 is 0 Å². The number of carbonyl (C=O) groups excluding carboxylic acids is 3. The van der Waals surface area contributed by atoms with Crippen molar-refractivity contribution in [3.8, 4) is 11.5 Å². The number of nitrogens with zero attached hydrogens (tertiary/aromatic N) is 1. The van der Waals surface area contributed by atoms with Crippen molar-refractivity contribution in [2.75, 3.05) is 26.1 Å². The SMILES string of the molecule is C=CCN1C(=O)[C@H](CC(=O)c2ccccc2)Nc2cc(OC)c(OC)cc2[C@@H]1C(=O)NC1CCCCC1. The lowest BCUT2D eigenvalue weighted by Crippen LogP contribution is -2.49. The maximum atomic E-state index is 13.9. The average molecular weight is 506 g/mol. The predicted octanol–water partition coefficient (Wildman–Crippen LogP) is 4.28. The predicted molar refractivity (Wildman–Crippen MR) is 142 cm³/mol. The summed E-state index contributed by atoms with van der Waals surface area (Å²) in [6.45, 7) is 3.97. The molecule has 2 N–H and O–H groups in total. The summed E-state index contributed by atoms with van der Waals surface area (Å²) < 4.78 is 11.0. The molecule has 8 nitrogen and oxygen atoms in total. The third-order valence-electron chi connectivity index (χ3n) is 7.08. The molecule has 2 aliphatic rings. The molecule has 2 aromatic rings. The Kier molecular flexibility index (Phi) is 8.48. The average Bonchev–Trinajstić information content (AvgIpc) is 3.03. The van der Waals surface area contributed by atoms with E-state index in [9.17, 15) is 14.4 Å². The Morgan fingerprint density at radius 2 is 1.76 bits per heavy atom. The molecule has 8 heteroatoms. The highest BCUT2D eigenvalue weighted by molar-refractivity contribution is 6.02. The molecule has 0 aromatic heterocycles. The number of amides is 2. The molecule has 0 spiro atoms. The maximum Gasteiger partial charge on any atom is 0.247 e. The van der Waals surface area contributed by atoms with Gasteiger partial charge < -0.3 is 25.0 Å². The molecule has 2 amide bonds. The lowest BCUT2D eigenvalue weighted by atomic mass is 9.94. The zero-order valence-electron chi connectivity index (χ0n) is 21.5. The van der Waals surface area contributed by atoms with Gasteiger partial charge in [-0.2, -0.15) is 0 Å². The van der Waals surface area contributed by atoms with Crippen LogP contribution < -0.4 is 20.1 Å². The van der Waals surface area contributed by atoms with Crippen LogP contribution in [0.2, 0.25) is 0 Å². The van der Waals surface area contributed by atoms with Gasteiger partial charge in [-0.25, -0.2) is 0 Å². The van der Waals surface area contributed by atoms with E-state index in [-0.39, 0.29) is 36.6 Å². The molecule has 2 atom stereocenters. The third kappa shape index (κ3) is 5.79. The number of fused-ring (bicyclic) bond motifs is 1. The van der Waals surface area contributed by atoms with Crippen molar-refractivity contribution in [3.63, 3.8) is 0 Å². The van der Waals surface area contributed by atoms with E-state index in [0.717, 1.165) is 32.1 Å². The fraction of sp³-hybridized carbons (Fsp3) is 0.414. The number of carbonyl (C=O) groups is 3. The zero-order valence-corrected chi connectivity index (χ0v) is 21.5. The number of methoxy groups -OCH3 is 2. The first-order valence-corrected chi connectivity index (χ1v) is 12.8. The molecular formula is C29H35N3O5. The molecule has 0 unspecified atom stereocenters. The molecule has 1 fully saturated rings. The largest absolute Gasteiger partial charge is 0.493 e. The highest BCUT2D eigenvalue weighted by Gasteiger charge is 2.41. The smallest absolute Gasteiger partial charge is 0.247 e. The maximum absolute atomic E-state index is 13.9. The van der Waals surface area contributed by atoms with E-state index in [1.54, 1.807) is 42.5 Å². The molecule has 4 rings (SSSR count). The fourth-order valence-electron chi connectivity index (χ4n) is 5.20. The Hall–Kier alpha value is -3.81. The van der Waals surface area contributed by atoms with E-state index in [2.05, 4.69) is 17.2 Å². The van der Waals surface area contributed by atoms with Gasteiger partial charge in [0.15, 0.2) is 17.3 Å². The lowest BCUT2D eigenvalue weighted by molar-refractivity contribution is -0.140. The standard InChI is InChI=1S/C29H35N3O5/c1-4-15-32-27(28(34)30-20-13-9-6-10-14-20)21-16-25(36-2)26(37-3)18-22(21)31-23(29(32)35)17-24(33)19-11-7-5-8-12-19/h4-5,7-8,11-12,16,18,20,23,27,31H,1,6,9-10,13-15,17H2,2-3H3,(H,30,34)/t23-,27+/m0/s1. The van der Waals surface area contributed by atoms with Gasteiger partial charge in [-0.3, -0.25) is 14.4 Å². The summed E-state index contributed by atoms with van der Waals surface area (Å²) in [5.41, 5.74) is 1.65. The summed E-state index contributed by atoms with van der Waals surface area (Å²) in [5, 5.41) is 6.43. The van der Waals surface area contributed by atoms with E-state index in [0.29, 0.717) is 28.3 Å². The number of ether oxygens (including phenoxy) is 2. The second-order valence-electron chi connectivity index (χ2n) is 9.51. The van der Waals surface area contributed by atoms with Crippen LogP contribution in [0, 0.1) is 0 Å².